The summed E-state index contributed by atoms with van der Waals surface area (Å²) in [4.78, 5) is 17.0. The van der Waals surface area contributed by atoms with Gasteiger partial charge in [-0.2, -0.15) is 0 Å². The van der Waals surface area contributed by atoms with Crippen LogP contribution in [0, 0.1) is 0 Å². The zero-order valence-electron chi connectivity index (χ0n) is 11.3. The Bertz CT molecular complexity index is 580. The predicted octanol–water partition coefficient (Wildman–Crippen LogP) is 1.48. The highest BCUT2D eigenvalue weighted by atomic mass is 15.2. The summed E-state index contributed by atoms with van der Waals surface area (Å²) < 4.78 is 0. The lowest BCUT2D eigenvalue weighted by molar-refractivity contribution is 0.626. The molecule has 3 rings (SSSR count). The second kappa shape index (κ2) is 5.79. The standard InChI is InChI=1S/C13H17N7/c1-14-11-7-12(18-8-17-11)20-13-16-6-4-10(19-13)9-3-2-5-15-9/h4,6-9,15H,2-3,5H2,1H3,(H2,14,16,17,18,19,20). The smallest absolute Gasteiger partial charge is 0.228 e. The van der Waals surface area contributed by atoms with Crippen molar-refractivity contribution >= 4 is 17.6 Å². The number of hydrogen-bond acceptors (Lipinski definition) is 7. The molecular weight excluding hydrogens is 254 g/mol. The van der Waals surface area contributed by atoms with Gasteiger partial charge in [-0.1, -0.05) is 0 Å². The number of hydrogen-bond donors (Lipinski definition) is 3. The summed E-state index contributed by atoms with van der Waals surface area (Å²) in [6.07, 6.45) is 5.57. The van der Waals surface area contributed by atoms with Crippen molar-refractivity contribution < 1.29 is 0 Å². The van der Waals surface area contributed by atoms with Crippen LogP contribution >= 0.6 is 0 Å². The molecule has 20 heavy (non-hydrogen) atoms. The SMILES string of the molecule is CNc1cc(Nc2nccc(C3CCCN3)n2)ncn1. The zero-order chi connectivity index (χ0) is 13.8. The van der Waals surface area contributed by atoms with E-state index >= 15 is 0 Å². The summed E-state index contributed by atoms with van der Waals surface area (Å²) in [5.74, 6) is 1.97. The van der Waals surface area contributed by atoms with E-state index in [0.717, 1.165) is 24.5 Å². The quantitative estimate of drug-likeness (QED) is 0.776. The van der Waals surface area contributed by atoms with Crippen molar-refractivity contribution in [3.8, 4) is 0 Å². The molecule has 0 aromatic carbocycles. The third kappa shape index (κ3) is 2.83. The van der Waals surface area contributed by atoms with Crippen LogP contribution in [0.1, 0.15) is 24.6 Å². The van der Waals surface area contributed by atoms with Crippen LogP contribution in [0.15, 0.2) is 24.7 Å². The largest absolute Gasteiger partial charge is 0.373 e. The summed E-state index contributed by atoms with van der Waals surface area (Å²) >= 11 is 0. The molecule has 1 aliphatic rings. The van der Waals surface area contributed by atoms with Crippen LogP contribution in [0.25, 0.3) is 0 Å². The van der Waals surface area contributed by atoms with Gasteiger partial charge in [0.2, 0.25) is 5.95 Å². The highest BCUT2D eigenvalue weighted by Gasteiger charge is 2.17. The molecule has 1 fully saturated rings. The molecule has 104 valence electrons. The van der Waals surface area contributed by atoms with Crippen molar-refractivity contribution in [3.05, 3.63) is 30.4 Å². The third-order valence-electron chi connectivity index (χ3n) is 3.26. The number of rotatable bonds is 4. The van der Waals surface area contributed by atoms with Gasteiger partial charge in [0, 0.05) is 25.4 Å². The maximum Gasteiger partial charge on any atom is 0.228 e. The first kappa shape index (κ1) is 12.7. The number of nitrogens with one attached hydrogen (secondary N) is 3. The Morgan fingerprint density at radius 1 is 1.25 bits per heavy atom. The van der Waals surface area contributed by atoms with E-state index < -0.39 is 0 Å². The van der Waals surface area contributed by atoms with Crippen molar-refractivity contribution in [2.75, 3.05) is 24.2 Å². The minimum absolute atomic E-state index is 0.330. The average molecular weight is 271 g/mol. The fraction of sp³-hybridized carbons (Fsp3) is 0.385. The summed E-state index contributed by atoms with van der Waals surface area (Å²) in [5, 5.41) is 9.50. The Morgan fingerprint density at radius 2 is 2.15 bits per heavy atom. The predicted molar refractivity (Wildman–Crippen MR) is 76.9 cm³/mol. The molecule has 0 aliphatic carbocycles. The molecule has 3 N–H and O–H groups in total. The van der Waals surface area contributed by atoms with E-state index in [9.17, 15) is 0 Å². The number of aromatic nitrogens is 4. The molecule has 2 aromatic rings. The van der Waals surface area contributed by atoms with Gasteiger partial charge in [0.15, 0.2) is 0 Å². The fourth-order valence-corrected chi connectivity index (χ4v) is 2.24. The Kier molecular flexibility index (Phi) is 3.69. The molecule has 7 nitrogen and oxygen atoms in total. The van der Waals surface area contributed by atoms with Crippen LogP contribution in [-0.4, -0.2) is 33.5 Å². The van der Waals surface area contributed by atoms with Gasteiger partial charge in [-0.3, -0.25) is 0 Å². The monoisotopic (exact) mass is 271 g/mol. The van der Waals surface area contributed by atoms with Gasteiger partial charge in [0.25, 0.3) is 0 Å². The average Bonchev–Trinajstić information content (AvgIpc) is 3.02. The van der Waals surface area contributed by atoms with Crippen molar-refractivity contribution in [1.29, 1.82) is 0 Å². The van der Waals surface area contributed by atoms with Crippen molar-refractivity contribution in [3.63, 3.8) is 0 Å². The normalized spacial score (nSPS) is 17.9. The van der Waals surface area contributed by atoms with Crippen LogP contribution < -0.4 is 16.0 Å². The lowest BCUT2D eigenvalue weighted by Crippen LogP contribution is -2.15. The minimum atomic E-state index is 0.330. The highest BCUT2D eigenvalue weighted by molar-refractivity contribution is 5.52. The van der Waals surface area contributed by atoms with Crippen LogP contribution in [0.4, 0.5) is 17.6 Å². The molecule has 1 aliphatic heterocycles. The van der Waals surface area contributed by atoms with E-state index in [-0.39, 0.29) is 0 Å². The molecule has 1 unspecified atom stereocenters. The first-order valence-corrected chi connectivity index (χ1v) is 6.68. The highest BCUT2D eigenvalue weighted by Crippen LogP contribution is 2.22. The number of nitrogens with zero attached hydrogens (tertiary/aromatic N) is 4. The molecule has 1 saturated heterocycles. The third-order valence-corrected chi connectivity index (χ3v) is 3.26. The van der Waals surface area contributed by atoms with Crippen LogP contribution in [0.2, 0.25) is 0 Å². The molecule has 0 saturated carbocycles. The van der Waals surface area contributed by atoms with Gasteiger partial charge >= 0.3 is 0 Å². The Morgan fingerprint density at radius 3 is 2.95 bits per heavy atom. The first-order chi connectivity index (χ1) is 9.85. The maximum absolute atomic E-state index is 4.54. The Labute approximate surface area is 117 Å². The molecule has 2 aromatic heterocycles. The maximum atomic E-state index is 4.54. The molecular formula is C13H17N7. The van der Waals surface area contributed by atoms with Gasteiger partial charge in [0.05, 0.1) is 5.69 Å². The second-order valence-corrected chi connectivity index (χ2v) is 4.62. The summed E-state index contributed by atoms with van der Waals surface area (Å²) in [6, 6.07) is 4.09. The molecule has 0 bridgehead atoms. The van der Waals surface area contributed by atoms with Crippen molar-refractivity contribution in [1.82, 2.24) is 25.3 Å². The molecule has 0 amide bonds. The lowest BCUT2D eigenvalue weighted by atomic mass is 10.1. The van der Waals surface area contributed by atoms with Gasteiger partial charge < -0.3 is 16.0 Å². The Hall–Kier alpha value is -2.28. The fourth-order valence-electron chi connectivity index (χ4n) is 2.24. The van der Waals surface area contributed by atoms with E-state index in [0.29, 0.717) is 17.8 Å². The van der Waals surface area contributed by atoms with E-state index in [4.69, 9.17) is 0 Å². The van der Waals surface area contributed by atoms with Crippen molar-refractivity contribution in [2.45, 2.75) is 18.9 Å². The van der Waals surface area contributed by atoms with E-state index in [1.54, 1.807) is 6.20 Å². The van der Waals surface area contributed by atoms with Crippen LogP contribution in [0.3, 0.4) is 0 Å². The van der Waals surface area contributed by atoms with Gasteiger partial charge in [-0.15, -0.1) is 0 Å². The molecule has 1 atom stereocenters. The van der Waals surface area contributed by atoms with Crippen LogP contribution in [-0.2, 0) is 0 Å². The van der Waals surface area contributed by atoms with Gasteiger partial charge in [0.1, 0.15) is 18.0 Å². The van der Waals surface area contributed by atoms with Crippen LogP contribution in [0.5, 0.6) is 0 Å². The minimum Gasteiger partial charge on any atom is -0.373 e. The number of anilines is 3. The molecule has 3 heterocycles. The summed E-state index contributed by atoms with van der Waals surface area (Å²) in [6.45, 7) is 1.05. The molecule has 7 heteroatoms. The second-order valence-electron chi connectivity index (χ2n) is 4.62. The van der Waals surface area contributed by atoms with E-state index in [1.807, 2.05) is 19.2 Å². The molecule has 0 spiro atoms. The summed E-state index contributed by atoms with van der Waals surface area (Å²) in [5.41, 5.74) is 1.02. The lowest BCUT2D eigenvalue weighted by Gasteiger charge is -2.11. The van der Waals surface area contributed by atoms with E-state index in [1.165, 1.54) is 12.7 Å². The Balaban J connectivity index is 1.78. The first-order valence-electron chi connectivity index (χ1n) is 6.68. The summed E-state index contributed by atoms with van der Waals surface area (Å²) in [7, 11) is 1.81. The topological polar surface area (TPSA) is 87.7 Å². The van der Waals surface area contributed by atoms with E-state index in [2.05, 4.69) is 35.9 Å². The molecule has 0 radical (unpaired) electrons. The van der Waals surface area contributed by atoms with Crippen molar-refractivity contribution in [2.24, 2.45) is 0 Å². The van der Waals surface area contributed by atoms with Gasteiger partial charge in [-0.25, -0.2) is 19.9 Å². The van der Waals surface area contributed by atoms with Gasteiger partial charge in [-0.05, 0) is 25.5 Å². The zero-order valence-corrected chi connectivity index (χ0v) is 11.3.